The number of fused-ring (bicyclic) bond motifs is 4. The second-order valence-corrected chi connectivity index (χ2v) is 13.3. The first-order valence-corrected chi connectivity index (χ1v) is 16.1. The van der Waals surface area contributed by atoms with Gasteiger partial charge in [-0.3, -0.25) is 24.1 Å². The number of carbonyl (C=O) groups is 4. The lowest BCUT2D eigenvalue weighted by atomic mass is 9.52. The van der Waals surface area contributed by atoms with E-state index in [1.807, 2.05) is 12.2 Å². The number of amides is 4. The van der Waals surface area contributed by atoms with Crippen LogP contribution in [-0.4, -0.2) is 35.8 Å². The van der Waals surface area contributed by atoms with Gasteiger partial charge in [-0.2, -0.15) is 0 Å². The highest BCUT2D eigenvalue weighted by Gasteiger charge is 2.67. The van der Waals surface area contributed by atoms with Crippen LogP contribution in [0, 0.1) is 40.8 Å². The molecule has 4 aliphatic rings. The van der Waals surface area contributed by atoms with Crippen molar-refractivity contribution in [2.24, 2.45) is 35.0 Å². The number of hydrogen-bond donors (Lipinski definition) is 1. The van der Waals surface area contributed by atoms with E-state index in [1.54, 1.807) is 55.5 Å². The van der Waals surface area contributed by atoms with Crippen LogP contribution in [0.3, 0.4) is 0 Å². The molecular weight excluding hydrogens is 635 g/mol. The van der Waals surface area contributed by atoms with Crippen LogP contribution in [0.5, 0.6) is 11.5 Å². The zero-order valence-corrected chi connectivity index (χ0v) is 27.0. The van der Waals surface area contributed by atoms with Gasteiger partial charge in [0.2, 0.25) is 23.6 Å². The number of phenolic OH excluding ortho intramolecular Hbond substituents is 1. The van der Waals surface area contributed by atoms with Gasteiger partial charge in [-0.15, -0.1) is 0 Å². The summed E-state index contributed by atoms with van der Waals surface area (Å²) >= 11 is 6.08. The highest BCUT2D eigenvalue weighted by atomic mass is 35.5. The molecule has 4 amide bonds. The number of hydrogen-bond acceptors (Lipinski definition) is 6. The molecule has 3 fully saturated rings. The predicted octanol–water partition coefficient (Wildman–Crippen LogP) is 6.82. The molecule has 3 aromatic rings. The summed E-state index contributed by atoms with van der Waals surface area (Å²) in [6.45, 7) is 5.52. The van der Waals surface area contributed by atoms with Crippen LogP contribution in [0.2, 0.25) is 5.02 Å². The van der Waals surface area contributed by atoms with Crippen LogP contribution < -0.4 is 14.5 Å². The second-order valence-electron chi connectivity index (χ2n) is 12.9. The first-order valence-electron chi connectivity index (χ1n) is 15.7. The second kappa shape index (κ2) is 11.6. The van der Waals surface area contributed by atoms with Crippen LogP contribution in [0.25, 0.3) is 12.2 Å². The molecule has 0 aromatic heterocycles. The summed E-state index contributed by atoms with van der Waals surface area (Å²) in [6.07, 6.45) is 7.78. The number of carbonyl (C=O) groups excluding carboxylic acids is 4. The van der Waals surface area contributed by atoms with Gasteiger partial charge in [0.05, 0.1) is 46.7 Å². The van der Waals surface area contributed by atoms with Crippen molar-refractivity contribution in [3.05, 3.63) is 107 Å². The highest BCUT2D eigenvalue weighted by molar-refractivity contribution is 6.31. The van der Waals surface area contributed by atoms with E-state index >= 15 is 0 Å². The normalized spacial score (nSPS) is 28.0. The van der Waals surface area contributed by atoms with Crippen molar-refractivity contribution in [2.45, 2.75) is 19.8 Å². The first kappa shape index (κ1) is 31.6. The molecule has 0 spiro atoms. The molecule has 244 valence electrons. The Kier molecular flexibility index (Phi) is 7.63. The summed E-state index contributed by atoms with van der Waals surface area (Å²) in [5.41, 5.74) is 1.72. The minimum absolute atomic E-state index is 0.0290. The van der Waals surface area contributed by atoms with Crippen LogP contribution in [0.15, 0.2) is 85.0 Å². The maximum atomic E-state index is 14.5. The molecule has 2 aliphatic heterocycles. The Hall–Kier alpha value is -5.02. The Morgan fingerprint density at radius 2 is 1.65 bits per heavy atom. The molecule has 48 heavy (non-hydrogen) atoms. The highest BCUT2D eigenvalue weighted by Crippen LogP contribution is 2.61. The number of rotatable bonds is 6. The Bertz CT molecular complexity index is 1970. The molecule has 0 bridgehead atoms. The molecule has 8 nitrogen and oxygen atoms in total. The fraction of sp³-hybridized carbons (Fsp3) is 0.263. The van der Waals surface area contributed by atoms with Crippen LogP contribution in [-0.2, 0) is 19.2 Å². The molecule has 10 heteroatoms. The van der Waals surface area contributed by atoms with Crippen molar-refractivity contribution in [3.8, 4) is 11.5 Å². The monoisotopic (exact) mass is 666 g/mol. The van der Waals surface area contributed by atoms with E-state index in [-0.39, 0.29) is 40.4 Å². The van der Waals surface area contributed by atoms with E-state index < -0.39 is 52.6 Å². The smallest absolute Gasteiger partial charge is 0.241 e. The number of methoxy groups -OCH3 is 1. The van der Waals surface area contributed by atoms with Crippen molar-refractivity contribution in [1.82, 2.24) is 0 Å². The molecule has 3 aromatic carbocycles. The minimum Gasteiger partial charge on any atom is -0.504 e. The SMILES string of the molecule is C=Cc1ccc(N2C(=O)[C@H]3[C@H](CC=C4[C@H]3C[C@H]3C(=O)N(c5ccc(F)c(Cl)c5)C(=O)[C@@]3(C)[C@H]4C=Cc3ccc(O)c(OC)c3)C2=O)cc1. The van der Waals surface area contributed by atoms with Crippen LogP contribution in [0.4, 0.5) is 15.8 Å². The maximum Gasteiger partial charge on any atom is 0.241 e. The Labute approximate surface area is 281 Å². The number of nitrogens with zero attached hydrogens (tertiary/aromatic N) is 2. The van der Waals surface area contributed by atoms with E-state index in [9.17, 15) is 28.7 Å². The van der Waals surface area contributed by atoms with Crippen molar-refractivity contribution < 1.29 is 33.4 Å². The number of allylic oxidation sites excluding steroid dienone is 3. The third-order valence-electron chi connectivity index (χ3n) is 10.6. The Balaban J connectivity index is 1.32. The molecule has 0 unspecified atom stereocenters. The van der Waals surface area contributed by atoms with E-state index in [4.69, 9.17) is 16.3 Å². The number of phenols is 1. The Morgan fingerprint density at radius 1 is 0.938 bits per heavy atom. The van der Waals surface area contributed by atoms with Crippen LogP contribution in [0.1, 0.15) is 30.9 Å². The van der Waals surface area contributed by atoms with Gasteiger partial charge in [-0.25, -0.2) is 9.29 Å². The van der Waals surface area contributed by atoms with Crippen LogP contribution >= 0.6 is 11.6 Å². The maximum absolute atomic E-state index is 14.5. The molecule has 1 N–H and O–H groups in total. The molecule has 7 rings (SSSR count). The van der Waals surface area contributed by atoms with Gasteiger partial charge in [0.15, 0.2) is 11.5 Å². The fourth-order valence-corrected chi connectivity index (χ4v) is 8.28. The topological polar surface area (TPSA) is 104 Å². The van der Waals surface area contributed by atoms with Gasteiger partial charge in [0.25, 0.3) is 0 Å². The summed E-state index contributed by atoms with van der Waals surface area (Å²) in [5.74, 6) is -5.29. The van der Waals surface area contributed by atoms with E-state index in [0.717, 1.165) is 22.1 Å². The van der Waals surface area contributed by atoms with E-state index in [2.05, 4.69) is 6.58 Å². The molecule has 2 heterocycles. The number of aromatic hydroxyl groups is 1. The average Bonchev–Trinajstić information content (AvgIpc) is 3.45. The largest absolute Gasteiger partial charge is 0.504 e. The number of imide groups is 2. The average molecular weight is 667 g/mol. The van der Waals surface area contributed by atoms with E-state index in [0.29, 0.717) is 17.7 Å². The fourth-order valence-electron chi connectivity index (χ4n) is 8.11. The zero-order chi connectivity index (χ0) is 34.1. The number of anilines is 2. The first-order chi connectivity index (χ1) is 23.0. The number of benzene rings is 3. The summed E-state index contributed by atoms with van der Waals surface area (Å²) < 4.78 is 19.4. The Morgan fingerprint density at radius 3 is 2.33 bits per heavy atom. The molecule has 6 atom stereocenters. The van der Waals surface area contributed by atoms with Gasteiger partial charge in [0.1, 0.15) is 5.82 Å². The molecule has 1 saturated carbocycles. The predicted molar refractivity (Wildman–Crippen MR) is 179 cm³/mol. The molecule has 2 aliphatic carbocycles. The number of ether oxygens (including phenoxy) is 1. The molecular formula is C38H32ClFN2O6. The van der Waals surface area contributed by atoms with Gasteiger partial charge in [0, 0.05) is 5.92 Å². The van der Waals surface area contributed by atoms with Crippen molar-refractivity contribution in [2.75, 3.05) is 16.9 Å². The lowest BCUT2D eigenvalue weighted by molar-refractivity contribution is -0.132. The zero-order valence-electron chi connectivity index (χ0n) is 26.2. The molecule has 2 saturated heterocycles. The quantitative estimate of drug-likeness (QED) is 0.229. The van der Waals surface area contributed by atoms with Crippen molar-refractivity contribution >= 4 is 58.8 Å². The lowest BCUT2D eigenvalue weighted by Gasteiger charge is -2.47. The lowest BCUT2D eigenvalue weighted by Crippen LogP contribution is -2.49. The summed E-state index contributed by atoms with van der Waals surface area (Å²) in [7, 11) is 1.44. The third kappa shape index (κ3) is 4.63. The summed E-state index contributed by atoms with van der Waals surface area (Å²) in [4.78, 5) is 59.1. The number of halogens is 2. The third-order valence-corrected chi connectivity index (χ3v) is 10.9. The van der Waals surface area contributed by atoms with Gasteiger partial charge in [-0.05, 0) is 79.3 Å². The van der Waals surface area contributed by atoms with Gasteiger partial charge >= 0.3 is 0 Å². The summed E-state index contributed by atoms with van der Waals surface area (Å²) in [5, 5.41) is 9.90. The van der Waals surface area contributed by atoms with Gasteiger partial charge in [-0.1, -0.05) is 66.3 Å². The van der Waals surface area contributed by atoms with Crippen molar-refractivity contribution in [3.63, 3.8) is 0 Å². The standard InChI is InChI=1S/C38H32ClFN2O6/c1-4-20-5-9-22(10-6-20)41-34(44)25-13-12-24-26(33(25)36(41)46)19-28-35(45)42(23-11-15-30(40)29(39)18-23)37(47)38(28,2)27(24)14-7-21-8-16-31(43)32(17-21)48-3/h4-12,14-18,25-28,33,43H,1,13,19H2,2-3H3/t25-,26+,27-,28-,33-,38-/m0/s1. The molecule has 0 radical (unpaired) electrons. The van der Waals surface area contributed by atoms with Crippen molar-refractivity contribution in [1.29, 1.82) is 0 Å². The van der Waals surface area contributed by atoms with Gasteiger partial charge < -0.3 is 9.84 Å². The summed E-state index contributed by atoms with van der Waals surface area (Å²) in [6, 6.07) is 15.6. The van der Waals surface area contributed by atoms with E-state index in [1.165, 1.54) is 30.2 Å². The minimum atomic E-state index is -1.27.